The Labute approximate surface area is 175 Å². The highest BCUT2D eigenvalue weighted by Gasteiger charge is 2.19. The van der Waals surface area contributed by atoms with Crippen molar-refractivity contribution in [3.05, 3.63) is 75.5 Å². The molecule has 0 aliphatic carbocycles. The Hall–Kier alpha value is -3.17. The van der Waals surface area contributed by atoms with Gasteiger partial charge in [0.1, 0.15) is 11.9 Å². The highest BCUT2D eigenvalue weighted by Crippen LogP contribution is 2.22. The van der Waals surface area contributed by atoms with Gasteiger partial charge < -0.3 is 9.88 Å². The smallest absolute Gasteiger partial charge is 0.259 e. The average molecular weight is 404 g/mol. The molecule has 2 heterocycles. The van der Waals surface area contributed by atoms with Gasteiger partial charge in [-0.2, -0.15) is 5.26 Å². The quantitative estimate of drug-likeness (QED) is 0.706. The third-order valence-electron chi connectivity index (χ3n) is 5.89. The molecule has 0 radical (unpaired) electrons. The number of benzene rings is 2. The number of aryl methyl sites for hydroxylation is 2. The molecule has 0 atom stereocenters. The molecule has 1 N–H and O–H groups in total. The van der Waals surface area contributed by atoms with E-state index in [1.807, 2.05) is 37.3 Å². The molecule has 0 unspecified atom stereocenters. The molecule has 0 spiro atoms. The maximum atomic E-state index is 14.0. The van der Waals surface area contributed by atoms with Gasteiger partial charge >= 0.3 is 0 Å². The second-order valence-electron chi connectivity index (χ2n) is 7.84. The zero-order chi connectivity index (χ0) is 21.1. The Morgan fingerprint density at radius 1 is 1.13 bits per heavy atom. The lowest BCUT2D eigenvalue weighted by atomic mass is 10.0. The first-order valence-electron chi connectivity index (χ1n) is 10.3. The number of H-pyrrole nitrogens is 1. The molecule has 1 aromatic heterocycles. The van der Waals surface area contributed by atoms with E-state index >= 15 is 0 Å². The lowest BCUT2D eigenvalue weighted by Crippen LogP contribution is -2.46. The summed E-state index contributed by atoms with van der Waals surface area (Å²) >= 11 is 0. The molecule has 4 rings (SSSR count). The van der Waals surface area contributed by atoms with Gasteiger partial charge in [-0.25, -0.2) is 4.39 Å². The minimum atomic E-state index is -0.473. The Balaban J connectivity index is 1.34. The van der Waals surface area contributed by atoms with Crippen LogP contribution in [0, 0.1) is 24.1 Å². The Kier molecular flexibility index (Phi) is 5.82. The van der Waals surface area contributed by atoms with Gasteiger partial charge in [-0.1, -0.05) is 18.2 Å². The number of hydrogen-bond donors (Lipinski definition) is 1. The SMILES string of the molecule is Cc1ccc(F)c2c(=O)[nH]c(CCCN3CCN(c4ccccc4C#N)CC3)cc12. The molecule has 30 heavy (non-hydrogen) atoms. The molecule has 154 valence electrons. The first kappa shape index (κ1) is 20.1. The summed E-state index contributed by atoms with van der Waals surface area (Å²) in [5.74, 6) is -0.473. The van der Waals surface area contributed by atoms with Crippen LogP contribution in [-0.4, -0.2) is 42.6 Å². The molecule has 6 heteroatoms. The molecule has 0 amide bonds. The van der Waals surface area contributed by atoms with Gasteiger partial charge in [0, 0.05) is 31.9 Å². The van der Waals surface area contributed by atoms with Gasteiger partial charge in [0.2, 0.25) is 0 Å². The van der Waals surface area contributed by atoms with Crippen LogP contribution in [0.4, 0.5) is 10.1 Å². The fourth-order valence-corrected chi connectivity index (χ4v) is 4.22. The summed E-state index contributed by atoms with van der Waals surface area (Å²) in [7, 11) is 0. The highest BCUT2D eigenvalue weighted by atomic mass is 19.1. The number of fused-ring (bicyclic) bond motifs is 1. The van der Waals surface area contributed by atoms with Gasteiger partial charge in [-0.05, 0) is 61.5 Å². The van der Waals surface area contributed by atoms with Crippen LogP contribution >= 0.6 is 0 Å². The molecular formula is C24H25FN4O. The lowest BCUT2D eigenvalue weighted by Gasteiger charge is -2.36. The van der Waals surface area contributed by atoms with Crippen LogP contribution < -0.4 is 10.5 Å². The molecule has 0 bridgehead atoms. The molecule has 1 saturated heterocycles. The van der Waals surface area contributed by atoms with E-state index in [1.165, 1.54) is 6.07 Å². The monoisotopic (exact) mass is 404 g/mol. The van der Waals surface area contributed by atoms with E-state index in [-0.39, 0.29) is 10.9 Å². The molecule has 1 aliphatic heterocycles. The van der Waals surface area contributed by atoms with Crippen molar-refractivity contribution in [3.8, 4) is 6.07 Å². The van der Waals surface area contributed by atoms with E-state index in [2.05, 4.69) is 20.9 Å². The van der Waals surface area contributed by atoms with Crippen LogP contribution in [0.5, 0.6) is 0 Å². The number of para-hydroxylation sites is 1. The number of piperazine rings is 1. The summed E-state index contributed by atoms with van der Waals surface area (Å²) in [5, 5.41) is 10.1. The molecular weight excluding hydrogens is 379 g/mol. The molecule has 1 aliphatic rings. The Morgan fingerprint density at radius 2 is 1.90 bits per heavy atom. The van der Waals surface area contributed by atoms with Gasteiger partial charge in [0.15, 0.2) is 0 Å². The van der Waals surface area contributed by atoms with Crippen molar-refractivity contribution >= 4 is 16.5 Å². The van der Waals surface area contributed by atoms with E-state index in [0.29, 0.717) is 5.39 Å². The summed E-state index contributed by atoms with van der Waals surface area (Å²) in [4.78, 5) is 19.9. The van der Waals surface area contributed by atoms with Crippen LogP contribution in [0.25, 0.3) is 10.8 Å². The number of pyridine rings is 1. The highest BCUT2D eigenvalue weighted by molar-refractivity contribution is 5.85. The van der Waals surface area contributed by atoms with E-state index in [0.717, 1.165) is 68.1 Å². The maximum absolute atomic E-state index is 14.0. The number of nitrogens with one attached hydrogen (secondary N) is 1. The number of halogens is 1. The molecule has 1 fully saturated rings. The number of hydrogen-bond acceptors (Lipinski definition) is 4. The minimum absolute atomic E-state index is 0.146. The molecule has 3 aromatic rings. The second-order valence-corrected chi connectivity index (χ2v) is 7.84. The lowest BCUT2D eigenvalue weighted by molar-refractivity contribution is 0.255. The van der Waals surface area contributed by atoms with Crippen LogP contribution in [0.3, 0.4) is 0 Å². The number of nitrogens with zero attached hydrogens (tertiary/aromatic N) is 3. The predicted molar refractivity (Wildman–Crippen MR) is 117 cm³/mol. The van der Waals surface area contributed by atoms with Crippen molar-refractivity contribution in [2.45, 2.75) is 19.8 Å². The number of rotatable bonds is 5. The van der Waals surface area contributed by atoms with Crippen molar-refractivity contribution in [2.24, 2.45) is 0 Å². The van der Waals surface area contributed by atoms with Crippen molar-refractivity contribution in [2.75, 3.05) is 37.6 Å². The van der Waals surface area contributed by atoms with Crippen LogP contribution in [0.15, 0.2) is 47.3 Å². The zero-order valence-electron chi connectivity index (χ0n) is 17.1. The van der Waals surface area contributed by atoms with Crippen LogP contribution in [0.2, 0.25) is 0 Å². The summed E-state index contributed by atoms with van der Waals surface area (Å²) in [6, 6.07) is 15.0. The predicted octanol–water partition coefficient (Wildman–Crippen LogP) is 3.60. The van der Waals surface area contributed by atoms with Gasteiger partial charge in [0.25, 0.3) is 5.56 Å². The summed E-state index contributed by atoms with van der Waals surface area (Å²) in [6.07, 6.45) is 1.67. The van der Waals surface area contributed by atoms with Crippen molar-refractivity contribution < 1.29 is 4.39 Å². The van der Waals surface area contributed by atoms with E-state index in [9.17, 15) is 14.4 Å². The number of anilines is 1. The third kappa shape index (κ3) is 4.07. The van der Waals surface area contributed by atoms with E-state index in [1.54, 1.807) is 6.07 Å². The third-order valence-corrected chi connectivity index (χ3v) is 5.89. The standard InChI is InChI=1S/C24H25FN4O/c1-17-8-9-21(25)23-20(17)15-19(27-24(23)30)6-4-10-28-11-13-29(14-12-28)22-7-3-2-5-18(22)16-26/h2-3,5,7-9,15H,4,6,10-14H2,1H3,(H,27,30). The van der Waals surface area contributed by atoms with Crippen LogP contribution in [-0.2, 0) is 6.42 Å². The van der Waals surface area contributed by atoms with Gasteiger partial charge in [0.05, 0.1) is 16.6 Å². The first-order chi connectivity index (χ1) is 14.6. The normalized spacial score (nSPS) is 14.8. The topological polar surface area (TPSA) is 63.1 Å². The fraction of sp³-hybridized carbons (Fsp3) is 0.333. The number of nitriles is 1. The fourth-order valence-electron chi connectivity index (χ4n) is 4.22. The molecule has 2 aromatic carbocycles. The minimum Gasteiger partial charge on any atom is -0.368 e. The number of aromatic nitrogens is 1. The second kappa shape index (κ2) is 8.68. The van der Waals surface area contributed by atoms with Crippen LogP contribution in [0.1, 0.15) is 23.2 Å². The zero-order valence-corrected chi connectivity index (χ0v) is 17.1. The number of aromatic amines is 1. The maximum Gasteiger partial charge on any atom is 0.259 e. The Morgan fingerprint density at radius 3 is 2.67 bits per heavy atom. The van der Waals surface area contributed by atoms with Gasteiger partial charge in [-0.15, -0.1) is 0 Å². The molecule has 5 nitrogen and oxygen atoms in total. The summed E-state index contributed by atoms with van der Waals surface area (Å²) in [5.41, 5.74) is 3.14. The first-order valence-corrected chi connectivity index (χ1v) is 10.3. The van der Waals surface area contributed by atoms with Gasteiger partial charge in [-0.3, -0.25) is 9.69 Å². The Bertz CT molecular complexity index is 1160. The summed E-state index contributed by atoms with van der Waals surface area (Å²) < 4.78 is 14.0. The van der Waals surface area contributed by atoms with Crippen molar-refractivity contribution in [1.29, 1.82) is 5.26 Å². The van der Waals surface area contributed by atoms with Crippen molar-refractivity contribution in [3.63, 3.8) is 0 Å². The molecule has 0 saturated carbocycles. The summed E-state index contributed by atoms with van der Waals surface area (Å²) in [6.45, 7) is 6.51. The van der Waals surface area contributed by atoms with E-state index in [4.69, 9.17) is 0 Å². The van der Waals surface area contributed by atoms with Crippen molar-refractivity contribution in [1.82, 2.24) is 9.88 Å². The average Bonchev–Trinajstić information content (AvgIpc) is 2.76. The van der Waals surface area contributed by atoms with E-state index < -0.39 is 5.82 Å². The largest absolute Gasteiger partial charge is 0.368 e.